The van der Waals surface area contributed by atoms with E-state index >= 15 is 0 Å². The predicted molar refractivity (Wildman–Crippen MR) is 53.8 cm³/mol. The van der Waals surface area contributed by atoms with Gasteiger partial charge in [-0.2, -0.15) is 0 Å². The summed E-state index contributed by atoms with van der Waals surface area (Å²) in [5, 5.41) is 0. The van der Waals surface area contributed by atoms with E-state index in [-0.39, 0.29) is 6.10 Å². The minimum atomic E-state index is -0.151. The molecule has 0 fully saturated rings. The van der Waals surface area contributed by atoms with E-state index in [1.807, 2.05) is 19.1 Å². The molecule has 0 aliphatic rings. The summed E-state index contributed by atoms with van der Waals surface area (Å²) >= 11 is 0. The van der Waals surface area contributed by atoms with Gasteiger partial charge in [-0.05, 0) is 19.1 Å². The molecule has 1 atom stereocenters. The summed E-state index contributed by atoms with van der Waals surface area (Å²) in [5.74, 6) is 0.556. The van der Waals surface area contributed by atoms with Crippen molar-refractivity contribution in [2.24, 2.45) is 0 Å². The highest BCUT2D eigenvalue weighted by molar-refractivity contribution is 5.85. The second-order valence-corrected chi connectivity index (χ2v) is 3.12. The fourth-order valence-electron chi connectivity index (χ4n) is 1.26. The molecule has 0 aliphatic carbocycles. The Morgan fingerprint density at radius 2 is 2.29 bits per heavy atom. The Bertz CT molecular complexity index is 450. The first kappa shape index (κ1) is 9.02. The fraction of sp³-hybridized carbons (Fsp3) is 0.300. The Morgan fingerprint density at radius 1 is 1.50 bits per heavy atom. The van der Waals surface area contributed by atoms with Crippen molar-refractivity contribution >= 4 is 16.8 Å². The zero-order chi connectivity index (χ0) is 10.1. The summed E-state index contributed by atoms with van der Waals surface area (Å²) in [6.45, 7) is 1.88. The van der Waals surface area contributed by atoms with Crippen LogP contribution in [0.2, 0.25) is 0 Å². The van der Waals surface area contributed by atoms with Crippen molar-refractivity contribution in [3.05, 3.63) is 24.1 Å². The monoisotopic (exact) mass is 192 g/mol. The van der Waals surface area contributed by atoms with Crippen molar-refractivity contribution in [3.63, 3.8) is 0 Å². The molecule has 0 bridgehead atoms. The Kier molecular flexibility index (Phi) is 2.13. The third-order valence-corrected chi connectivity index (χ3v) is 2.17. The van der Waals surface area contributed by atoms with Crippen LogP contribution >= 0.6 is 0 Å². The lowest BCUT2D eigenvalue weighted by Crippen LogP contribution is -1.95. The second kappa shape index (κ2) is 3.31. The third-order valence-electron chi connectivity index (χ3n) is 2.17. The van der Waals surface area contributed by atoms with E-state index in [0.717, 1.165) is 0 Å². The van der Waals surface area contributed by atoms with Gasteiger partial charge in [0.15, 0.2) is 5.58 Å². The van der Waals surface area contributed by atoms with Gasteiger partial charge in [0.2, 0.25) is 5.89 Å². The van der Waals surface area contributed by atoms with Crippen LogP contribution < -0.4 is 5.73 Å². The van der Waals surface area contributed by atoms with E-state index < -0.39 is 0 Å². The van der Waals surface area contributed by atoms with Gasteiger partial charge in [0.25, 0.3) is 0 Å². The van der Waals surface area contributed by atoms with Gasteiger partial charge < -0.3 is 14.9 Å². The molecule has 2 aromatic rings. The number of nitrogens with zero attached hydrogens (tertiary/aromatic N) is 1. The molecule has 14 heavy (non-hydrogen) atoms. The SMILES string of the molecule is COC(C)c1nc2c(N)cccc2o1. The number of methoxy groups -OCH3 is 1. The molecule has 4 heteroatoms. The van der Waals surface area contributed by atoms with E-state index in [4.69, 9.17) is 14.9 Å². The highest BCUT2D eigenvalue weighted by Crippen LogP contribution is 2.25. The lowest BCUT2D eigenvalue weighted by Gasteiger charge is -2.01. The summed E-state index contributed by atoms with van der Waals surface area (Å²) in [7, 11) is 1.61. The van der Waals surface area contributed by atoms with Gasteiger partial charge in [-0.1, -0.05) is 6.07 Å². The summed E-state index contributed by atoms with van der Waals surface area (Å²) in [6, 6.07) is 5.47. The van der Waals surface area contributed by atoms with Crippen LogP contribution in [0.4, 0.5) is 5.69 Å². The van der Waals surface area contributed by atoms with Crippen LogP contribution in [-0.4, -0.2) is 12.1 Å². The number of nitrogens with two attached hydrogens (primary N) is 1. The first-order chi connectivity index (χ1) is 6.72. The van der Waals surface area contributed by atoms with E-state index in [1.165, 1.54) is 0 Å². The predicted octanol–water partition coefficient (Wildman–Crippen LogP) is 2.12. The zero-order valence-electron chi connectivity index (χ0n) is 8.15. The summed E-state index contributed by atoms with van der Waals surface area (Å²) in [4.78, 5) is 4.27. The number of hydrogen-bond donors (Lipinski definition) is 1. The fourth-order valence-corrected chi connectivity index (χ4v) is 1.26. The zero-order valence-corrected chi connectivity index (χ0v) is 8.15. The minimum Gasteiger partial charge on any atom is -0.438 e. The second-order valence-electron chi connectivity index (χ2n) is 3.12. The third kappa shape index (κ3) is 1.33. The minimum absolute atomic E-state index is 0.151. The summed E-state index contributed by atoms with van der Waals surface area (Å²) < 4.78 is 10.6. The smallest absolute Gasteiger partial charge is 0.224 e. The molecule has 1 aromatic heterocycles. The quantitative estimate of drug-likeness (QED) is 0.740. The molecule has 0 aliphatic heterocycles. The molecule has 1 heterocycles. The Hall–Kier alpha value is -1.55. The van der Waals surface area contributed by atoms with Crippen LogP contribution in [0.3, 0.4) is 0 Å². The highest BCUT2D eigenvalue weighted by atomic mass is 16.5. The summed E-state index contributed by atoms with van der Waals surface area (Å²) in [5.41, 5.74) is 7.77. The van der Waals surface area contributed by atoms with Gasteiger partial charge in [-0.15, -0.1) is 0 Å². The van der Waals surface area contributed by atoms with Crippen molar-refractivity contribution in [2.45, 2.75) is 13.0 Å². The van der Waals surface area contributed by atoms with Gasteiger partial charge in [0.1, 0.15) is 11.6 Å². The van der Waals surface area contributed by atoms with Crippen LogP contribution in [0.25, 0.3) is 11.1 Å². The maximum atomic E-state index is 5.75. The number of nitrogen functional groups attached to an aromatic ring is 1. The maximum absolute atomic E-state index is 5.75. The topological polar surface area (TPSA) is 61.3 Å². The first-order valence-corrected chi connectivity index (χ1v) is 4.40. The number of aromatic nitrogens is 1. The molecule has 1 unspecified atom stereocenters. The van der Waals surface area contributed by atoms with Crippen LogP contribution in [0, 0.1) is 0 Å². The van der Waals surface area contributed by atoms with Crippen LogP contribution in [0.15, 0.2) is 22.6 Å². The number of oxazole rings is 1. The standard InChI is InChI=1S/C10H12N2O2/c1-6(13-2)10-12-9-7(11)4-3-5-8(9)14-10/h3-6H,11H2,1-2H3. The average molecular weight is 192 g/mol. The largest absolute Gasteiger partial charge is 0.438 e. The Labute approximate surface area is 81.7 Å². The van der Waals surface area contributed by atoms with Crippen LogP contribution in [-0.2, 0) is 4.74 Å². The van der Waals surface area contributed by atoms with Crippen LogP contribution in [0.1, 0.15) is 18.9 Å². The van der Waals surface area contributed by atoms with Crippen molar-refractivity contribution < 1.29 is 9.15 Å². The van der Waals surface area contributed by atoms with Gasteiger partial charge >= 0.3 is 0 Å². The molecule has 2 N–H and O–H groups in total. The number of fused-ring (bicyclic) bond motifs is 1. The normalized spacial score (nSPS) is 13.3. The lowest BCUT2D eigenvalue weighted by molar-refractivity contribution is 0.0964. The molecule has 0 saturated carbocycles. The van der Waals surface area contributed by atoms with Crippen molar-refractivity contribution in [1.29, 1.82) is 0 Å². The number of hydrogen-bond acceptors (Lipinski definition) is 4. The van der Waals surface area contributed by atoms with Gasteiger partial charge in [0.05, 0.1) is 5.69 Å². The number of rotatable bonds is 2. The number of anilines is 1. The number of ether oxygens (including phenoxy) is 1. The van der Waals surface area contributed by atoms with Gasteiger partial charge in [-0.3, -0.25) is 0 Å². The molecular formula is C10H12N2O2. The molecule has 4 nitrogen and oxygen atoms in total. The number of para-hydroxylation sites is 1. The average Bonchev–Trinajstić information content (AvgIpc) is 2.62. The highest BCUT2D eigenvalue weighted by Gasteiger charge is 2.13. The number of benzene rings is 1. The van der Waals surface area contributed by atoms with Gasteiger partial charge in [0, 0.05) is 7.11 Å². The van der Waals surface area contributed by atoms with Crippen molar-refractivity contribution in [3.8, 4) is 0 Å². The Balaban J connectivity index is 2.56. The van der Waals surface area contributed by atoms with Crippen LogP contribution in [0.5, 0.6) is 0 Å². The molecule has 0 radical (unpaired) electrons. The first-order valence-electron chi connectivity index (χ1n) is 4.40. The summed E-state index contributed by atoms with van der Waals surface area (Å²) in [6.07, 6.45) is -0.151. The van der Waals surface area contributed by atoms with E-state index in [1.54, 1.807) is 13.2 Å². The molecule has 74 valence electrons. The molecule has 0 amide bonds. The van der Waals surface area contributed by atoms with Crippen molar-refractivity contribution in [1.82, 2.24) is 4.98 Å². The Morgan fingerprint density at radius 3 is 2.93 bits per heavy atom. The van der Waals surface area contributed by atoms with E-state index in [9.17, 15) is 0 Å². The van der Waals surface area contributed by atoms with Crippen molar-refractivity contribution in [2.75, 3.05) is 12.8 Å². The molecule has 0 spiro atoms. The molecular weight excluding hydrogens is 180 g/mol. The van der Waals surface area contributed by atoms with Gasteiger partial charge in [-0.25, -0.2) is 4.98 Å². The van der Waals surface area contributed by atoms with E-state index in [0.29, 0.717) is 22.7 Å². The lowest BCUT2D eigenvalue weighted by atomic mass is 10.3. The van der Waals surface area contributed by atoms with E-state index in [2.05, 4.69) is 4.98 Å². The maximum Gasteiger partial charge on any atom is 0.224 e. The molecule has 0 saturated heterocycles. The molecule has 2 rings (SSSR count). The molecule has 1 aromatic carbocycles.